The van der Waals surface area contributed by atoms with Crippen molar-refractivity contribution in [2.75, 3.05) is 49.4 Å². The number of amides is 1. The van der Waals surface area contributed by atoms with E-state index in [0.29, 0.717) is 49.4 Å². The van der Waals surface area contributed by atoms with Gasteiger partial charge in [0.15, 0.2) is 17.9 Å². The van der Waals surface area contributed by atoms with Crippen LogP contribution in [0.3, 0.4) is 0 Å². The van der Waals surface area contributed by atoms with Crippen LogP contribution in [0.1, 0.15) is 38.5 Å². The van der Waals surface area contributed by atoms with Crippen LogP contribution >= 0.6 is 0 Å². The summed E-state index contributed by atoms with van der Waals surface area (Å²) >= 11 is 0. The largest absolute Gasteiger partial charge is 0.447 e. The lowest BCUT2D eigenvalue weighted by Gasteiger charge is -2.38. The van der Waals surface area contributed by atoms with E-state index < -0.39 is 30.9 Å². The molecule has 3 aliphatic heterocycles. The van der Waals surface area contributed by atoms with Gasteiger partial charge in [0.1, 0.15) is 6.61 Å². The normalized spacial score (nSPS) is 26.5. The number of hydrogen-bond donors (Lipinski definition) is 0. The zero-order valence-corrected chi connectivity index (χ0v) is 18.6. The first-order valence-corrected chi connectivity index (χ1v) is 11.2. The quantitative estimate of drug-likeness (QED) is 0.636. The van der Waals surface area contributed by atoms with Gasteiger partial charge in [-0.2, -0.15) is 0 Å². The second-order valence-electron chi connectivity index (χ2n) is 8.68. The zero-order valence-electron chi connectivity index (χ0n) is 18.6. The molecule has 0 aliphatic carbocycles. The fourth-order valence-corrected chi connectivity index (χ4v) is 4.85. The highest BCUT2D eigenvalue weighted by Crippen LogP contribution is 2.42. The van der Waals surface area contributed by atoms with E-state index in [9.17, 15) is 9.18 Å². The number of ether oxygens (including phenoxy) is 4. The van der Waals surface area contributed by atoms with Gasteiger partial charge in [-0.15, -0.1) is 0 Å². The number of fused-ring (bicyclic) bond motifs is 1. The van der Waals surface area contributed by atoms with E-state index in [-0.39, 0.29) is 36.6 Å². The number of carbonyl (C=O) groups excluding carboxylic acids is 1. The molecule has 0 saturated carbocycles. The first kappa shape index (κ1) is 22.3. The van der Waals surface area contributed by atoms with Gasteiger partial charge in [0, 0.05) is 18.7 Å². The standard InChI is InChI=1S/C22H27F2N3O6/c1-12-9-26(10-13(2)32-12)18-15(21-29-6-7-30-21)8-16-19(17(18)24)33-25-20(16)27-14(4-3-5-23)11-31-22(27)28/h8,12-14,21H,3-7,9-11H2,1-2H3/t12-,13-,14+/m1/s1. The molecule has 1 aromatic carbocycles. The highest BCUT2D eigenvalue weighted by atomic mass is 19.1. The van der Waals surface area contributed by atoms with E-state index in [0.717, 1.165) is 0 Å². The fourth-order valence-electron chi connectivity index (χ4n) is 4.85. The van der Waals surface area contributed by atoms with Crippen LogP contribution in [0, 0.1) is 5.82 Å². The number of morpholine rings is 1. The van der Waals surface area contributed by atoms with Crippen molar-refractivity contribution in [3.05, 3.63) is 17.4 Å². The van der Waals surface area contributed by atoms with Crippen LogP contribution in [-0.4, -0.2) is 69.1 Å². The van der Waals surface area contributed by atoms with Gasteiger partial charge in [-0.05, 0) is 32.8 Å². The Morgan fingerprint density at radius 2 is 1.91 bits per heavy atom. The van der Waals surface area contributed by atoms with Gasteiger partial charge < -0.3 is 28.4 Å². The molecule has 0 bridgehead atoms. The number of hydrogen-bond acceptors (Lipinski definition) is 8. The van der Waals surface area contributed by atoms with Crippen LogP contribution in [0.15, 0.2) is 10.6 Å². The summed E-state index contributed by atoms with van der Waals surface area (Å²) in [6, 6.07) is 1.30. The Morgan fingerprint density at radius 3 is 2.61 bits per heavy atom. The number of benzene rings is 1. The third kappa shape index (κ3) is 4.02. The summed E-state index contributed by atoms with van der Waals surface area (Å²) in [5.41, 5.74) is 0.741. The number of cyclic esters (lactones) is 1. The van der Waals surface area contributed by atoms with E-state index in [1.807, 2.05) is 18.7 Å². The molecule has 3 saturated heterocycles. The Labute approximate surface area is 189 Å². The van der Waals surface area contributed by atoms with Gasteiger partial charge in [0.05, 0.1) is 49.2 Å². The fraction of sp³-hybridized carbons (Fsp3) is 0.636. The highest BCUT2D eigenvalue weighted by molar-refractivity contribution is 6.01. The summed E-state index contributed by atoms with van der Waals surface area (Å²) in [7, 11) is 0. The monoisotopic (exact) mass is 467 g/mol. The predicted octanol–water partition coefficient (Wildman–Crippen LogP) is 3.70. The van der Waals surface area contributed by atoms with Crippen molar-refractivity contribution in [3.63, 3.8) is 0 Å². The first-order chi connectivity index (χ1) is 16.0. The number of anilines is 2. The lowest BCUT2D eigenvalue weighted by Crippen LogP contribution is -2.46. The van der Waals surface area contributed by atoms with Crippen LogP contribution in [0.4, 0.5) is 25.1 Å². The van der Waals surface area contributed by atoms with Crippen molar-refractivity contribution < 1.29 is 37.0 Å². The first-order valence-electron chi connectivity index (χ1n) is 11.2. The molecule has 9 nitrogen and oxygen atoms in total. The average molecular weight is 467 g/mol. The molecule has 11 heteroatoms. The molecule has 2 aromatic rings. The highest BCUT2D eigenvalue weighted by Gasteiger charge is 2.39. The minimum atomic E-state index is -0.761. The number of rotatable bonds is 6. The second kappa shape index (κ2) is 9.03. The van der Waals surface area contributed by atoms with Crippen LogP contribution < -0.4 is 9.80 Å². The zero-order chi connectivity index (χ0) is 23.1. The van der Waals surface area contributed by atoms with Crippen molar-refractivity contribution in [3.8, 4) is 0 Å². The minimum absolute atomic E-state index is 0.0718. The maximum atomic E-state index is 16.0. The molecule has 3 fully saturated rings. The molecule has 0 N–H and O–H groups in total. The lowest BCUT2D eigenvalue weighted by atomic mass is 10.0. The topological polar surface area (TPSA) is 86.5 Å². The number of aromatic nitrogens is 1. The van der Waals surface area contributed by atoms with Crippen molar-refractivity contribution in [2.45, 2.75) is 51.2 Å². The summed E-state index contributed by atoms with van der Waals surface area (Å²) in [4.78, 5) is 15.7. The molecule has 3 aliphatic rings. The summed E-state index contributed by atoms with van der Waals surface area (Å²) in [6.45, 7) is 5.22. The Balaban J connectivity index is 1.62. The molecule has 0 radical (unpaired) electrons. The molecule has 0 spiro atoms. The van der Waals surface area contributed by atoms with E-state index >= 15 is 4.39 Å². The molecule has 180 valence electrons. The van der Waals surface area contributed by atoms with Gasteiger partial charge in [-0.1, -0.05) is 5.16 Å². The van der Waals surface area contributed by atoms with Crippen molar-refractivity contribution in [1.29, 1.82) is 0 Å². The number of halogens is 2. The second-order valence-corrected chi connectivity index (χ2v) is 8.68. The molecule has 1 aromatic heterocycles. The Hall–Kier alpha value is -2.50. The van der Waals surface area contributed by atoms with Crippen LogP contribution in [0.5, 0.6) is 0 Å². The molecule has 0 unspecified atom stereocenters. The smallest absolute Gasteiger partial charge is 0.416 e. The van der Waals surface area contributed by atoms with E-state index in [2.05, 4.69) is 5.16 Å². The van der Waals surface area contributed by atoms with Crippen molar-refractivity contribution in [1.82, 2.24) is 5.16 Å². The van der Waals surface area contributed by atoms with E-state index in [1.165, 1.54) is 4.90 Å². The number of carbonyl (C=O) groups is 1. The van der Waals surface area contributed by atoms with Crippen LogP contribution in [0.25, 0.3) is 11.0 Å². The molecule has 1 amide bonds. The van der Waals surface area contributed by atoms with Gasteiger partial charge in [-0.3, -0.25) is 9.29 Å². The average Bonchev–Trinajstić information content (AvgIpc) is 3.51. The van der Waals surface area contributed by atoms with Crippen molar-refractivity contribution >= 4 is 28.6 Å². The molecule has 4 heterocycles. The summed E-state index contributed by atoms with van der Waals surface area (Å²) in [5, 5.41) is 4.33. The molecule has 5 rings (SSSR count). The van der Waals surface area contributed by atoms with Crippen LogP contribution in [-0.2, 0) is 18.9 Å². The van der Waals surface area contributed by atoms with E-state index in [4.69, 9.17) is 23.5 Å². The molecule has 33 heavy (non-hydrogen) atoms. The van der Waals surface area contributed by atoms with Gasteiger partial charge in [0.2, 0.25) is 5.58 Å². The third-order valence-electron chi connectivity index (χ3n) is 6.16. The minimum Gasteiger partial charge on any atom is -0.447 e. The molecular weight excluding hydrogens is 440 g/mol. The maximum absolute atomic E-state index is 16.0. The van der Waals surface area contributed by atoms with Gasteiger partial charge >= 0.3 is 6.09 Å². The predicted molar refractivity (Wildman–Crippen MR) is 114 cm³/mol. The molecular formula is C22H27F2N3O6. The third-order valence-corrected chi connectivity index (χ3v) is 6.16. The number of nitrogens with zero attached hydrogens (tertiary/aromatic N) is 3. The van der Waals surface area contributed by atoms with Crippen LogP contribution in [0.2, 0.25) is 0 Å². The summed E-state index contributed by atoms with van der Waals surface area (Å²) in [6.07, 6.45) is -0.907. The van der Waals surface area contributed by atoms with Gasteiger partial charge in [0.25, 0.3) is 0 Å². The van der Waals surface area contributed by atoms with Crippen molar-refractivity contribution in [2.24, 2.45) is 0 Å². The Bertz CT molecular complexity index is 1020. The van der Waals surface area contributed by atoms with Gasteiger partial charge in [-0.25, -0.2) is 9.18 Å². The Morgan fingerprint density at radius 1 is 1.18 bits per heavy atom. The SMILES string of the molecule is C[C@@H]1CN(c2c(C3OCCO3)cc3c(N4C(=O)OC[C@@H]4CCCF)noc3c2F)C[C@@H](C)O1. The number of alkyl halides is 1. The lowest BCUT2D eigenvalue weighted by molar-refractivity contribution is -0.0445. The molecule has 3 atom stereocenters. The maximum Gasteiger partial charge on any atom is 0.416 e. The summed E-state index contributed by atoms with van der Waals surface area (Å²) < 4.78 is 56.6. The Kier molecular flexibility index (Phi) is 6.11. The summed E-state index contributed by atoms with van der Waals surface area (Å²) in [5.74, 6) is -0.459. The van der Waals surface area contributed by atoms with E-state index in [1.54, 1.807) is 6.07 Å².